The van der Waals surface area contributed by atoms with Crippen molar-refractivity contribution in [2.75, 3.05) is 25.5 Å². The summed E-state index contributed by atoms with van der Waals surface area (Å²) in [6.07, 6.45) is 0. The number of amides is 1. The lowest BCUT2D eigenvalue weighted by Gasteiger charge is -2.21. The first-order valence-corrected chi connectivity index (χ1v) is 7.95. The Labute approximate surface area is 152 Å². The van der Waals surface area contributed by atoms with Crippen molar-refractivity contribution in [3.05, 3.63) is 58.9 Å². The van der Waals surface area contributed by atoms with Gasteiger partial charge in [-0.1, -0.05) is 6.92 Å². The first-order chi connectivity index (χ1) is 12.8. The highest BCUT2D eigenvalue weighted by atomic mass is 19.2. The second-order valence-corrected chi connectivity index (χ2v) is 5.63. The van der Waals surface area contributed by atoms with Gasteiger partial charge in [-0.15, -0.1) is 0 Å². The van der Waals surface area contributed by atoms with Crippen molar-refractivity contribution in [2.45, 2.75) is 13.5 Å². The van der Waals surface area contributed by atoms with Crippen LogP contribution in [0.5, 0.6) is 5.75 Å². The lowest BCUT2D eigenvalue weighted by atomic mass is 10.1. The maximum Gasteiger partial charge on any atom is 0.238 e. The highest BCUT2D eigenvalue weighted by Gasteiger charge is 2.26. The van der Waals surface area contributed by atoms with Gasteiger partial charge in [0.1, 0.15) is 5.75 Å². The van der Waals surface area contributed by atoms with Gasteiger partial charge < -0.3 is 10.1 Å². The molecule has 27 heavy (non-hydrogen) atoms. The van der Waals surface area contributed by atoms with Gasteiger partial charge in [-0.05, 0) is 30.8 Å². The standard InChI is InChI=1S/C18H17F5N2O2/c1-3-25(8-12-14(19)16(21)18(23)17(22)15(12)20)9-13(26)24-10-4-6-11(27-2)7-5-10/h4-7H,3,8-9H2,1-2H3,(H,24,26). The summed E-state index contributed by atoms with van der Waals surface area (Å²) < 4.78 is 72.3. The minimum atomic E-state index is -2.21. The topological polar surface area (TPSA) is 41.6 Å². The van der Waals surface area contributed by atoms with Crippen molar-refractivity contribution in [1.82, 2.24) is 4.90 Å². The number of nitrogens with one attached hydrogen (secondary N) is 1. The Bertz CT molecular complexity index is 798. The summed E-state index contributed by atoms with van der Waals surface area (Å²) >= 11 is 0. The number of nitrogens with zero attached hydrogens (tertiary/aromatic N) is 1. The SMILES string of the molecule is CCN(CC(=O)Nc1ccc(OC)cc1)Cc1c(F)c(F)c(F)c(F)c1F. The van der Waals surface area contributed by atoms with Crippen LogP contribution in [0.2, 0.25) is 0 Å². The molecule has 0 aliphatic carbocycles. The molecule has 0 aliphatic rings. The van der Waals surface area contributed by atoms with Gasteiger partial charge >= 0.3 is 0 Å². The highest BCUT2D eigenvalue weighted by molar-refractivity contribution is 5.92. The number of carbonyl (C=O) groups is 1. The number of rotatable bonds is 7. The van der Waals surface area contributed by atoms with Crippen LogP contribution in [0.25, 0.3) is 0 Å². The minimum absolute atomic E-state index is 0.148. The van der Waals surface area contributed by atoms with Crippen LogP contribution < -0.4 is 10.1 Å². The van der Waals surface area contributed by atoms with Crippen LogP contribution in [-0.4, -0.2) is 31.0 Å². The van der Waals surface area contributed by atoms with Crippen molar-refractivity contribution in [3.63, 3.8) is 0 Å². The lowest BCUT2D eigenvalue weighted by molar-refractivity contribution is -0.117. The fraction of sp³-hybridized carbons (Fsp3) is 0.278. The maximum absolute atomic E-state index is 13.8. The molecule has 2 aromatic carbocycles. The molecule has 1 amide bonds. The molecule has 2 rings (SSSR count). The monoisotopic (exact) mass is 388 g/mol. The number of hydrogen-bond acceptors (Lipinski definition) is 3. The highest BCUT2D eigenvalue weighted by Crippen LogP contribution is 2.24. The second kappa shape index (κ2) is 8.81. The third-order valence-corrected chi connectivity index (χ3v) is 3.87. The Hall–Kier alpha value is -2.68. The van der Waals surface area contributed by atoms with Crippen molar-refractivity contribution >= 4 is 11.6 Å². The van der Waals surface area contributed by atoms with Gasteiger partial charge in [0.25, 0.3) is 0 Å². The number of hydrogen-bond donors (Lipinski definition) is 1. The molecule has 1 N–H and O–H groups in total. The Morgan fingerprint density at radius 1 is 0.963 bits per heavy atom. The second-order valence-electron chi connectivity index (χ2n) is 5.63. The van der Waals surface area contributed by atoms with Crippen LogP contribution in [0, 0.1) is 29.1 Å². The van der Waals surface area contributed by atoms with Crippen molar-refractivity contribution in [3.8, 4) is 5.75 Å². The Balaban J connectivity index is 2.10. The van der Waals surface area contributed by atoms with Gasteiger partial charge in [-0.3, -0.25) is 9.69 Å². The van der Waals surface area contributed by atoms with Gasteiger partial charge in [-0.2, -0.15) is 0 Å². The number of anilines is 1. The van der Waals surface area contributed by atoms with E-state index in [1.807, 2.05) is 0 Å². The quantitative estimate of drug-likeness (QED) is 0.445. The van der Waals surface area contributed by atoms with Crippen molar-refractivity contribution in [1.29, 1.82) is 0 Å². The maximum atomic E-state index is 13.8. The first-order valence-electron chi connectivity index (χ1n) is 7.95. The molecule has 0 aliphatic heterocycles. The van der Waals surface area contributed by atoms with E-state index in [0.29, 0.717) is 11.4 Å². The normalized spacial score (nSPS) is 11.0. The number of methoxy groups -OCH3 is 1. The third-order valence-electron chi connectivity index (χ3n) is 3.87. The molecule has 9 heteroatoms. The van der Waals surface area contributed by atoms with Crippen LogP contribution in [0.3, 0.4) is 0 Å². The van der Waals surface area contributed by atoms with E-state index in [2.05, 4.69) is 5.32 Å². The third kappa shape index (κ3) is 4.73. The molecule has 2 aromatic rings. The molecule has 0 atom stereocenters. The molecular weight excluding hydrogens is 371 g/mol. The van der Waals surface area contributed by atoms with E-state index in [1.54, 1.807) is 31.2 Å². The van der Waals surface area contributed by atoms with E-state index >= 15 is 0 Å². The van der Waals surface area contributed by atoms with Crippen LogP contribution >= 0.6 is 0 Å². The number of halogens is 5. The fourth-order valence-electron chi connectivity index (χ4n) is 2.37. The lowest BCUT2D eigenvalue weighted by Crippen LogP contribution is -2.33. The average molecular weight is 388 g/mol. The van der Waals surface area contributed by atoms with Gasteiger partial charge in [-0.25, -0.2) is 22.0 Å². The molecule has 0 saturated heterocycles. The van der Waals surface area contributed by atoms with Crippen LogP contribution in [0.15, 0.2) is 24.3 Å². The van der Waals surface area contributed by atoms with E-state index in [4.69, 9.17) is 4.74 Å². The molecule has 0 radical (unpaired) electrons. The zero-order chi connectivity index (χ0) is 20.1. The molecule has 0 aromatic heterocycles. The molecule has 0 heterocycles. The molecule has 0 spiro atoms. The summed E-state index contributed by atoms with van der Waals surface area (Å²) in [4.78, 5) is 13.4. The summed E-state index contributed by atoms with van der Waals surface area (Å²) in [5.74, 6) is -9.96. The van der Waals surface area contributed by atoms with E-state index in [-0.39, 0.29) is 13.1 Å². The minimum Gasteiger partial charge on any atom is -0.497 e. The van der Waals surface area contributed by atoms with Crippen molar-refractivity contribution in [2.24, 2.45) is 0 Å². The summed E-state index contributed by atoms with van der Waals surface area (Å²) in [6, 6.07) is 6.44. The molecular formula is C18H17F5N2O2. The van der Waals surface area contributed by atoms with Crippen LogP contribution in [0.4, 0.5) is 27.6 Å². The molecule has 4 nitrogen and oxygen atoms in total. The summed E-state index contributed by atoms with van der Waals surface area (Å²) in [5, 5.41) is 2.57. The average Bonchev–Trinajstić information content (AvgIpc) is 2.67. The number of likely N-dealkylation sites (N-methyl/N-ethyl adjacent to an activating group) is 1. The molecule has 0 bridgehead atoms. The van der Waals surface area contributed by atoms with Gasteiger partial charge in [0, 0.05) is 17.8 Å². The van der Waals surface area contributed by atoms with E-state index in [9.17, 15) is 26.7 Å². The van der Waals surface area contributed by atoms with Gasteiger partial charge in [0.05, 0.1) is 13.7 Å². The predicted octanol–water partition coefficient (Wildman–Crippen LogP) is 3.85. The number of carbonyl (C=O) groups excluding carboxylic acids is 1. The number of benzene rings is 2. The van der Waals surface area contributed by atoms with Crippen molar-refractivity contribution < 1.29 is 31.5 Å². The molecule has 0 unspecified atom stereocenters. The van der Waals surface area contributed by atoms with E-state index in [0.717, 1.165) is 0 Å². The largest absolute Gasteiger partial charge is 0.497 e. The molecule has 0 fully saturated rings. The van der Waals surface area contributed by atoms with Gasteiger partial charge in [0.2, 0.25) is 11.7 Å². The van der Waals surface area contributed by atoms with Crippen LogP contribution in [-0.2, 0) is 11.3 Å². The summed E-state index contributed by atoms with van der Waals surface area (Å²) in [5.41, 5.74) is -0.515. The first kappa shape index (κ1) is 20.6. The molecule has 146 valence electrons. The Morgan fingerprint density at radius 2 is 1.48 bits per heavy atom. The Kier molecular flexibility index (Phi) is 6.73. The zero-order valence-electron chi connectivity index (χ0n) is 14.6. The molecule has 0 saturated carbocycles. The van der Waals surface area contributed by atoms with E-state index < -0.39 is 47.1 Å². The van der Waals surface area contributed by atoms with Gasteiger partial charge in [0.15, 0.2) is 23.3 Å². The van der Waals surface area contributed by atoms with Crippen LogP contribution in [0.1, 0.15) is 12.5 Å². The Morgan fingerprint density at radius 3 is 1.96 bits per heavy atom. The smallest absolute Gasteiger partial charge is 0.238 e. The van der Waals surface area contributed by atoms with E-state index in [1.165, 1.54) is 12.0 Å². The zero-order valence-corrected chi connectivity index (χ0v) is 14.6. The summed E-state index contributed by atoms with van der Waals surface area (Å²) in [6.45, 7) is 0.822. The summed E-state index contributed by atoms with van der Waals surface area (Å²) in [7, 11) is 1.49. The number of ether oxygens (including phenoxy) is 1. The fourth-order valence-corrected chi connectivity index (χ4v) is 2.37. The predicted molar refractivity (Wildman–Crippen MR) is 88.8 cm³/mol.